The molecule has 0 aliphatic carbocycles. The Morgan fingerprint density at radius 1 is 1.17 bits per heavy atom. The predicted molar refractivity (Wildman–Crippen MR) is 34.4 cm³/mol. The highest BCUT2D eigenvalue weighted by molar-refractivity contribution is 7.96. The first-order valence-electron chi connectivity index (χ1n) is 2.40. The molecule has 0 aliphatic heterocycles. The molecule has 0 N–H and O–H groups in total. The summed E-state index contributed by atoms with van der Waals surface area (Å²) < 4.78 is 0. The van der Waals surface area contributed by atoms with Gasteiger partial charge in [-0.2, -0.15) is 0 Å². The maximum atomic E-state index is 2.31. The van der Waals surface area contributed by atoms with Gasteiger partial charge in [0.05, 0.1) is 6.26 Å². The van der Waals surface area contributed by atoms with Gasteiger partial charge in [-0.15, -0.1) is 0 Å². The Balaban J connectivity index is 2.75. The summed E-state index contributed by atoms with van der Waals surface area (Å²) in [5, 5.41) is 0. The molecule has 0 unspecified atom stereocenters. The fourth-order valence-corrected chi connectivity index (χ4v) is 0.612. The molecule has 0 saturated heterocycles. The van der Waals surface area contributed by atoms with Crippen molar-refractivity contribution in [2.24, 2.45) is 0 Å². The van der Waals surface area contributed by atoms with Gasteiger partial charge in [0, 0.05) is 0 Å². The van der Waals surface area contributed by atoms with Gasteiger partial charge in [-0.05, 0) is 24.7 Å². The normalized spacial score (nSPS) is 10.0. The molecule has 0 bridgehead atoms. The first-order chi connectivity index (χ1) is 2.81. The molecule has 1 heteroatoms. The smallest absolute Gasteiger partial charge is 0.0199 e. The van der Waals surface area contributed by atoms with E-state index in [1.807, 2.05) is 0 Å². The maximum Gasteiger partial charge on any atom is 0.105 e. The summed E-state index contributed by atoms with van der Waals surface area (Å²) in [7, 11) is 0.716. The van der Waals surface area contributed by atoms with Crippen molar-refractivity contribution in [2.75, 3.05) is 17.8 Å². The molecule has 0 aromatic heterocycles. The van der Waals surface area contributed by atoms with E-state index >= 15 is 0 Å². The molecule has 0 fully saturated rings. The monoisotopic (exact) mass is 105 g/mol. The number of rotatable bonds is 2. The van der Waals surface area contributed by atoms with Crippen LogP contribution in [0.25, 0.3) is 0 Å². The SMILES string of the molecule is CC[S+](C)CC. The molecule has 38 valence electrons. The van der Waals surface area contributed by atoms with Gasteiger partial charge in [0.1, 0.15) is 11.5 Å². The molecular weight excluding hydrogens is 92.1 g/mol. The van der Waals surface area contributed by atoms with Crippen LogP contribution in [0.15, 0.2) is 0 Å². The molecule has 0 aromatic carbocycles. The fraction of sp³-hybridized carbons (Fsp3) is 1.00. The van der Waals surface area contributed by atoms with Crippen LogP contribution >= 0.6 is 0 Å². The first-order valence-corrected chi connectivity index (χ1v) is 4.37. The van der Waals surface area contributed by atoms with Crippen LogP contribution in [0.4, 0.5) is 0 Å². The second-order valence-corrected chi connectivity index (χ2v) is 4.08. The quantitative estimate of drug-likeness (QED) is 0.464. The average molecular weight is 105 g/mol. The van der Waals surface area contributed by atoms with Crippen LogP contribution in [0.1, 0.15) is 13.8 Å². The molecule has 0 saturated carbocycles. The van der Waals surface area contributed by atoms with Crippen molar-refractivity contribution in [3.05, 3.63) is 0 Å². The third-order valence-corrected chi connectivity index (χ3v) is 2.96. The molecule has 0 aromatic rings. The largest absolute Gasteiger partial charge is 0.105 e. The lowest BCUT2D eigenvalue weighted by atomic mass is 11.0. The van der Waals surface area contributed by atoms with Crippen LogP contribution in [0.3, 0.4) is 0 Å². The van der Waals surface area contributed by atoms with Gasteiger partial charge in [-0.25, -0.2) is 0 Å². The standard InChI is InChI=1S/C5H13S/c1-4-6(3)5-2/h4-5H2,1-3H3/q+1. The predicted octanol–water partition coefficient (Wildman–Crippen LogP) is 1.27. The third kappa shape index (κ3) is 2.58. The lowest BCUT2D eigenvalue weighted by Gasteiger charge is -1.89. The van der Waals surface area contributed by atoms with E-state index in [-0.39, 0.29) is 0 Å². The molecule has 0 spiro atoms. The molecule has 6 heavy (non-hydrogen) atoms. The zero-order valence-electron chi connectivity index (χ0n) is 4.82. The summed E-state index contributed by atoms with van der Waals surface area (Å²) in [6, 6.07) is 0. The van der Waals surface area contributed by atoms with Gasteiger partial charge >= 0.3 is 0 Å². The molecule has 0 rings (SSSR count). The van der Waals surface area contributed by atoms with Gasteiger partial charge in [-0.3, -0.25) is 0 Å². The Kier molecular flexibility index (Phi) is 3.74. The van der Waals surface area contributed by atoms with Crippen molar-refractivity contribution < 1.29 is 0 Å². The molecule has 0 nitrogen and oxygen atoms in total. The fourth-order valence-electron chi connectivity index (χ4n) is 0.204. The Morgan fingerprint density at radius 3 is 1.50 bits per heavy atom. The van der Waals surface area contributed by atoms with Crippen molar-refractivity contribution in [1.29, 1.82) is 0 Å². The van der Waals surface area contributed by atoms with E-state index in [9.17, 15) is 0 Å². The Labute approximate surface area is 43.3 Å². The second-order valence-electron chi connectivity index (χ2n) is 1.36. The molecule has 0 amide bonds. The van der Waals surface area contributed by atoms with E-state index in [0.717, 1.165) is 0 Å². The topological polar surface area (TPSA) is 0 Å². The first kappa shape index (κ1) is 6.35. The van der Waals surface area contributed by atoms with Gasteiger partial charge in [0.2, 0.25) is 0 Å². The lowest BCUT2D eigenvalue weighted by Crippen LogP contribution is -2.02. The van der Waals surface area contributed by atoms with E-state index < -0.39 is 0 Å². The van der Waals surface area contributed by atoms with Crippen LogP contribution in [-0.2, 0) is 10.9 Å². The highest BCUT2D eigenvalue weighted by atomic mass is 32.2. The van der Waals surface area contributed by atoms with E-state index in [0.29, 0.717) is 10.9 Å². The average Bonchev–Trinajstić information content (AvgIpc) is 1.65. The van der Waals surface area contributed by atoms with Crippen LogP contribution in [0, 0.1) is 0 Å². The zero-order valence-corrected chi connectivity index (χ0v) is 5.64. The lowest BCUT2D eigenvalue weighted by molar-refractivity contribution is 1.43. The minimum absolute atomic E-state index is 0.716. The summed E-state index contributed by atoms with van der Waals surface area (Å²) in [5.41, 5.74) is 0. The van der Waals surface area contributed by atoms with Crippen LogP contribution < -0.4 is 0 Å². The summed E-state index contributed by atoms with van der Waals surface area (Å²) >= 11 is 0. The summed E-state index contributed by atoms with van der Waals surface area (Å²) in [6.45, 7) is 4.49. The van der Waals surface area contributed by atoms with Gasteiger partial charge in [0.15, 0.2) is 0 Å². The van der Waals surface area contributed by atoms with Crippen molar-refractivity contribution in [3.8, 4) is 0 Å². The van der Waals surface area contributed by atoms with Crippen LogP contribution in [0.2, 0.25) is 0 Å². The maximum absolute atomic E-state index is 2.31. The highest BCUT2D eigenvalue weighted by Gasteiger charge is 1.98. The van der Waals surface area contributed by atoms with Crippen LogP contribution in [0.5, 0.6) is 0 Å². The van der Waals surface area contributed by atoms with E-state index in [4.69, 9.17) is 0 Å². The Bertz CT molecular complexity index is 23.1. The van der Waals surface area contributed by atoms with Crippen molar-refractivity contribution in [2.45, 2.75) is 13.8 Å². The summed E-state index contributed by atoms with van der Waals surface area (Å²) in [4.78, 5) is 0. The highest BCUT2D eigenvalue weighted by Crippen LogP contribution is 1.85. The molecular formula is C5H13S+. The van der Waals surface area contributed by atoms with Gasteiger partial charge in [0.25, 0.3) is 0 Å². The molecule has 0 radical (unpaired) electrons. The van der Waals surface area contributed by atoms with E-state index in [2.05, 4.69) is 20.1 Å². The van der Waals surface area contributed by atoms with Crippen LogP contribution in [-0.4, -0.2) is 17.8 Å². The molecule has 0 heterocycles. The Morgan fingerprint density at radius 2 is 1.50 bits per heavy atom. The minimum Gasteiger partial charge on any atom is -0.0199 e. The molecule has 0 aliphatic rings. The number of hydrogen-bond donors (Lipinski definition) is 0. The molecule has 0 atom stereocenters. The van der Waals surface area contributed by atoms with Crippen molar-refractivity contribution in [3.63, 3.8) is 0 Å². The van der Waals surface area contributed by atoms with Crippen molar-refractivity contribution in [1.82, 2.24) is 0 Å². The van der Waals surface area contributed by atoms with Gasteiger partial charge < -0.3 is 0 Å². The second kappa shape index (κ2) is 3.54. The zero-order chi connectivity index (χ0) is 4.99. The van der Waals surface area contributed by atoms with Gasteiger partial charge in [-0.1, -0.05) is 0 Å². The Hall–Kier alpha value is 0.350. The van der Waals surface area contributed by atoms with E-state index in [1.165, 1.54) is 11.5 Å². The number of hydrogen-bond acceptors (Lipinski definition) is 0. The minimum atomic E-state index is 0.716. The summed E-state index contributed by atoms with van der Waals surface area (Å²) in [5.74, 6) is 2.72. The van der Waals surface area contributed by atoms with E-state index in [1.54, 1.807) is 0 Å². The van der Waals surface area contributed by atoms with Crippen molar-refractivity contribution >= 4 is 10.9 Å². The third-order valence-electron chi connectivity index (χ3n) is 0.986. The summed E-state index contributed by atoms with van der Waals surface area (Å²) in [6.07, 6.45) is 2.31.